The van der Waals surface area contributed by atoms with Gasteiger partial charge in [-0.05, 0) is 68.7 Å². The van der Waals surface area contributed by atoms with Crippen molar-refractivity contribution in [3.05, 3.63) is 90.3 Å². The van der Waals surface area contributed by atoms with Crippen LogP contribution < -0.4 is 5.32 Å². The van der Waals surface area contributed by atoms with E-state index >= 15 is 0 Å². The van der Waals surface area contributed by atoms with Crippen LogP contribution in [0.3, 0.4) is 0 Å². The number of benzene rings is 2. The summed E-state index contributed by atoms with van der Waals surface area (Å²) in [5.74, 6) is -0.231. The van der Waals surface area contributed by atoms with Crippen LogP contribution in [0.15, 0.2) is 78.9 Å². The van der Waals surface area contributed by atoms with Crippen LogP contribution in [0.1, 0.15) is 39.2 Å². The second-order valence-electron chi connectivity index (χ2n) is 7.12. The van der Waals surface area contributed by atoms with Gasteiger partial charge in [0.15, 0.2) is 0 Å². The molecule has 2 heteroatoms. The van der Waals surface area contributed by atoms with Crippen LogP contribution in [-0.2, 0) is 0 Å². The van der Waals surface area contributed by atoms with Crippen molar-refractivity contribution in [3.8, 4) is 0 Å². The van der Waals surface area contributed by atoms with Gasteiger partial charge in [-0.15, -0.1) is 6.58 Å². The molecule has 1 atom stereocenters. The normalized spacial score (nSPS) is 13.2. The first-order chi connectivity index (χ1) is 12.4. The van der Waals surface area contributed by atoms with Gasteiger partial charge in [-0.25, -0.2) is 4.39 Å². The van der Waals surface area contributed by atoms with E-state index < -0.39 is 0 Å². The number of rotatable bonds is 8. The second-order valence-corrected chi connectivity index (χ2v) is 7.12. The van der Waals surface area contributed by atoms with Crippen LogP contribution in [0.4, 0.5) is 15.8 Å². The third-order valence-corrected chi connectivity index (χ3v) is 4.40. The maximum atomic E-state index is 13.0. The van der Waals surface area contributed by atoms with Crippen LogP contribution in [-0.4, -0.2) is 0 Å². The van der Waals surface area contributed by atoms with E-state index in [1.54, 1.807) is 12.1 Å². The van der Waals surface area contributed by atoms with Crippen molar-refractivity contribution >= 4 is 17.5 Å². The molecule has 0 aliphatic carbocycles. The molecule has 0 amide bonds. The Balaban J connectivity index is 2.00. The maximum Gasteiger partial charge on any atom is 0.123 e. The molecule has 0 fully saturated rings. The van der Waals surface area contributed by atoms with E-state index in [0.717, 1.165) is 29.8 Å². The molecule has 0 radical (unpaired) electrons. The number of allylic oxidation sites excluding steroid dienone is 4. The zero-order valence-electron chi connectivity index (χ0n) is 15.9. The monoisotopic (exact) mass is 349 g/mol. The first-order valence-electron chi connectivity index (χ1n) is 8.99. The first-order valence-corrected chi connectivity index (χ1v) is 8.99. The minimum atomic E-state index is -0.231. The van der Waals surface area contributed by atoms with E-state index in [0.29, 0.717) is 0 Å². The molecular weight excluding hydrogens is 321 g/mol. The molecule has 0 heterocycles. The number of hydrogen-bond donors (Lipinski definition) is 1. The Morgan fingerprint density at radius 1 is 1.04 bits per heavy atom. The lowest BCUT2D eigenvalue weighted by molar-refractivity contribution is 0.508. The van der Waals surface area contributed by atoms with Crippen LogP contribution in [0.25, 0.3) is 6.08 Å². The molecule has 0 spiro atoms. The molecule has 0 aliphatic heterocycles. The fourth-order valence-corrected chi connectivity index (χ4v) is 2.59. The fraction of sp³-hybridized carbons (Fsp3) is 0.250. The highest BCUT2D eigenvalue weighted by atomic mass is 19.1. The third-order valence-electron chi connectivity index (χ3n) is 4.40. The van der Waals surface area contributed by atoms with Crippen molar-refractivity contribution in [1.29, 1.82) is 0 Å². The van der Waals surface area contributed by atoms with Crippen LogP contribution in [0.2, 0.25) is 0 Å². The predicted molar refractivity (Wildman–Crippen MR) is 112 cm³/mol. The summed E-state index contributed by atoms with van der Waals surface area (Å²) >= 11 is 0. The van der Waals surface area contributed by atoms with Gasteiger partial charge < -0.3 is 5.32 Å². The first kappa shape index (κ1) is 19.7. The average Bonchev–Trinajstić information content (AvgIpc) is 2.63. The van der Waals surface area contributed by atoms with Crippen molar-refractivity contribution < 1.29 is 4.39 Å². The average molecular weight is 349 g/mol. The lowest BCUT2D eigenvalue weighted by Crippen LogP contribution is -2.08. The van der Waals surface area contributed by atoms with Crippen molar-refractivity contribution in [1.82, 2.24) is 0 Å². The van der Waals surface area contributed by atoms with Gasteiger partial charge in [0, 0.05) is 16.8 Å². The molecule has 26 heavy (non-hydrogen) atoms. The number of nitrogens with one attached hydrogen (secondary N) is 1. The van der Waals surface area contributed by atoms with Crippen molar-refractivity contribution in [2.45, 2.75) is 33.6 Å². The Morgan fingerprint density at radius 2 is 1.62 bits per heavy atom. The van der Waals surface area contributed by atoms with E-state index in [4.69, 9.17) is 0 Å². The van der Waals surface area contributed by atoms with Crippen molar-refractivity contribution in [3.63, 3.8) is 0 Å². The summed E-state index contributed by atoms with van der Waals surface area (Å²) in [6.45, 7) is 10.5. The summed E-state index contributed by atoms with van der Waals surface area (Å²) in [4.78, 5) is 0. The van der Waals surface area contributed by atoms with Crippen molar-refractivity contribution in [2.75, 3.05) is 5.32 Å². The van der Waals surface area contributed by atoms with Gasteiger partial charge in [-0.3, -0.25) is 0 Å². The largest absolute Gasteiger partial charge is 0.356 e. The van der Waals surface area contributed by atoms with E-state index in [1.807, 2.05) is 18.2 Å². The Morgan fingerprint density at radius 3 is 2.15 bits per heavy atom. The van der Waals surface area contributed by atoms with E-state index in [2.05, 4.69) is 63.0 Å². The second kappa shape index (κ2) is 9.19. The zero-order chi connectivity index (χ0) is 19.0. The third kappa shape index (κ3) is 6.36. The van der Waals surface area contributed by atoms with Gasteiger partial charge >= 0.3 is 0 Å². The Hall–Kier alpha value is -2.61. The summed E-state index contributed by atoms with van der Waals surface area (Å²) in [5, 5.41) is 3.27. The summed E-state index contributed by atoms with van der Waals surface area (Å²) in [6.07, 6.45) is 10.8. The number of halogens is 1. The summed E-state index contributed by atoms with van der Waals surface area (Å²) in [7, 11) is 0. The van der Waals surface area contributed by atoms with Gasteiger partial charge in [-0.1, -0.05) is 48.9 Å². The highest BCUT2D eigenvalue weighted by Crippen LogP contribution is 2.28. The Labute approximate surface area is 157 Å². The minimum Gasteiger partial charge on any atom is -0.356 e. The smallest absolute Gasteiger partial charge is 0.123 e. The zero-order valence-corrected chi connectivity index (χ0v) is 15.9. The molecule has 1 N–H and O–H groups in total. The van der Waals surface area contributed by atoms with E-state index in [9.17, 15) is 4.39 Å². The summed E-state index contributed by atoms with van der Waals surface area (Å²) in [5.41, 5.74) is 4.32. The van der Waals surface area contributed by atoms with Gasteiger partial charge in [-0.2, -0.15) is 0 Å². The van der Waals surface area contributed by atoms with Gasteiger partial charge in [0.25, 0.3) is 0 Å². The quantitative estimate of drug-likeness (QED) is 0.486. The molecule has 136 valence electrons. The van der Waals surface area contributed by atoms with Crippen molar-refractivity contribution in [2.24, 2.45) is 5.41 Å². The lowest BCUT2D eigenvalue weighted by atomic mass is 9.84. The molecule has 0 saturated carbocycles. The molecule has 0 aliphatic rings. The standard InChI is InChI=1S/C24H28FN/c1-5-24(4,17-6-7-19(2)3)18-16-20-8-12-22(13-9-20)26-23-14-10-21(25)11-15-23/h5,7-16,18,26H,1,6,17H2,2-4H3/b18-16+/t24-/m1/s1. The van der Waals surface area contributed by atoms with Gasteiger partial charge in [0.2, 0.25) is 0 Å². The molecular formula is C24H28FN. The summed E-state index contributed by atoms with van der Waals surface area (Å²) in [6, 6.07) is 14.5. The molecule has 2 aromatic carbocycles. The highest BCUT2D eigenvalue weighted by Gasteiger charge is 2.14. The van der Waals surface area contributed by atoms with E-state index in [-0.39, 0.29) is 11.2 Å². The molecule has 0 aromatic heterocycles. The molecule has 0 unspecified atom stereocenters. The molecule has 0 bridgehead atoms. The molecule has 2 rings (SSSR count). The highest BCUT2D eigenvalue weighted by molar-refractivity contribution is 5.62. The maximum absolute atomic E-state index is 13.0. The Bertz CT molecular complexity index is 765. The summed E-state index contributed by atoms with van der Waals surface area (Å²) < 4.78 is 13.0. The molecule has 1 nitrogen and oxygen atoms in total. The number of hydrogen-bond acceptors (Lipinski definition) is 1. The van der Waals surface area contributed by atoms with Crippen LogP contribution >= 0.6 is 0 Å². The van der Waals surface area contributed by atoms with Crippen LogP contribution in [0, 0.1) is 11.2 Å². The van der Waals surface area contributed by atoms with Crippen LogP contribution in [0.5, 0.6) is 0 Å². The molecule has 2 aromatic rings. The van der Waals surface area contributed by atoms with E-state index in [1.165, 1.54) is 17.7 Å². The predicted octanol–water partition coefficient (Wildman–Crippen LogP) is 7.52. The Kier molecular flexibility index (Phi) is 6.97. The fourth-order valence-electron chi connectivity index (χ4n) is 2.59. The SMILES string of the molecule is C=C[C@@](C)(/C=C/c1ccc(Nc2ccc(F)cc2)cc1)CCC=C(C)C. The van der Waals surface area contributed by atoms with Gasteiger partial charge in [0.05, 0.1) is 0 Å². The van der Waals surface area contributed by atoms with Gasteiger partial charge in [0.1, 0.15) is 5.82 Å². The lowest BCUT2D eigenvalue weighted by Gasteiger charge is -2.20. The number of anilines is 2. The topological polar surface area (TPSA) is 12.0 Å². The minimum absolute atomic E-state index is 0.0169. The molecule has 0 saturated heterocycles.